The van der Waals surface area contributed by atoms with Crippen LogP contribution in [0.25, 0.3) is 0 Å². The lowest BCUT2D eigenvalue weighted by Crippen LogP contribution is -2.41. The van der Waals surface area contributed by atoms with Crippen molar-refractivity contribution in [2.24, 2.45) is 5.92 Å². The van der Waals surface area contributed by atoms with Gasteiger partial charge in [-0.3, -0.25) is 0 Å². The number of aliphatic hydroxyl groups excluding tert-OH is 1. The monoisotopic (exact) mass is 170 g/mol. The van der Waals surface area contributed by atoms with Crippen LogP contribution >= 0.6 is 0 Å². The van der Waals surface area contributed by atoms with E-state index in [9.17, 15) is 5.11 Å². The Morgan fingerprint density at radius 2 is 2.58 bits per heavy atom. The zero-order chi connectivity index (χ0) is 8.77. The van der Waals surface area contributed by atoms with Crippen molar-refractivity contribution in [3.63, 3.8) is 0 Å². The third-order valence-electron chi connectivity index (χ3n) is 3.01. The molecule has 3 nitrogen and oxygen atoms in total. The Labute approximate surface area is 72.0 Å². The fourth-order valence-corrected chi connectivity index (χ4v) is 2.36. The van der Waals surface area contributed by atoms with Crippen molar-refractivity contribution in [1.29, 1.82) is 0 Å². The van der Waals surface area contributed by atoms with E-state index in [-0.39, 0.29) is 12.7 Å². The minimum Gasteiger partial charge on any atom is -0.393 e. The van der Waals surface area contributed by atoms with E-state index in [0.29, 0.717) is 12.5 Å². The summed E-state index contributed by atoms with van der Waals surface area (Å²) in [5.74, 6) is 0.294. The lowest BCUT2D eigenvalue weighted by Gasteiger charge is -2.27. The molecule has 0 aromatic heterocycles. The molecule has 2 aliphatic rings. The third-order valence-corrected chi connectivity index (χ3v) is 3.01. The van der Waals surface area contributed by atoms with Gasteiger partial charge >= 0.3 is 0 Å². The molecule has 12 heavy (non-hydrogen) atoms. The van der Waals surface area contributed by atoms with Gasteiger partial charge in [0.1, 0.15) is 5.60 Å². The Bertz CT molecular complexity index is 214. The number of methoxy groups -OCH3 is 1. The molecule has 2 bridgehead atoms. The summed E-state index contributed by atoms with van der Waals surface area (Å²) in [6.45, 7) is 4.64. The first-order valence-corrected chi connectivity index (χ1v) is 4.19. The number of hydrogen-bond donors (Lipinski definition) is 1. The van der Waals surface area contributed by atoms with E-state index in [1.165, 1.54) is 0 Å². The van der Waals surface area contributed by atoms with E-state index in [0.717, 1.165) is 12.0 Å². The largest absolute Gasteiger partial charge is 0.393 e. The molecule has 1 saturated heterocycles. The standard InChI is InChI=1S/C9H14O3/c1-6-3-9(5-10)8(11-2)7(6)4-12-9/h7-8,10H,1,3-5H2,2H3/t7-,8+,9-/m1/s1. The van der Waals surface area contributed by atoms with E-state index in [1.807, 2.05) is 0 Å². The van der Waals surface area contributed by atoms with Gasteiger partial charge < -0.3 is 14.6 Å². The molecule has 0 unspecified atom stereocenters. The van der Waals surface area contributed by atoms with Crippen LogP contribution in [0.2, 0.25) is 0 Å². The zero-order valence-corrected chi connectivity index (χ0v) is 7.25. The molecule has 1 saturated carbocycles. The van der Waals surface area contributed by atoms with Gasteiger partial charge in [-0.1, -0.05) is 12.2 Å². The second kappa shape index (κ2) is 2.55. The van der Waals surface area contributed by atoms with Crippen molar-refractivity contribution in [2.45, 2.75) is 18.1 Å². The average Bonchev–Trinajstić information content (AvgIpc) is 2.56. The molecule has 2 fully saturated rings. The molecule has 0 amide bonds. The molecular formula is C9H14O3. The van der Waals surface area contributed by atoms with Gasteiger partial charge in [0.25, 0.3) is 0 Å². The minimum absolute atomic E-state index is 0.00926. The van der Waals surface area contributed by atoms with E-state index in [2.05, 4.69) is 6.58 Å². The van der Waals surface area contributed by atoms with Crippen molar-refractivity contribution >= 4 is 0 Å². The molecule has 0 aromatic rings. The third kappa shape index (κ3) is 0.815. The molecule has 3 atom stereocenters. The fraction of sp³-hybridized carbons (Fsp3) is 0.778. The molecule has 1 aliphatic carbocycles. The van der Waals surface area contributed by atoms with Crippen LogP contribution in [0.4, 0.5) is 0 Å². The Morgan fingerprint density at radius 3 is 3.00 bits per heavy atom. The first-order chi connectivity index (χ1) is 5.73. The zero-order valence-electron chi connectivity index (χ0n) is 7.25. The molecule has 2 rings (SSSR count). The van der Waals surface area contributed by atoms with E-state index < -0.39 is 5.60 Å². The van der Waals surface area contributed by atoms with Gasteiger partial charge in [0, 0.05) is 19.4 Å². The highest BCUT2D eigenvalue weighted by Gasteiger charge is 2.57. The molecule has 1 aliphatic heterocycles. The van der Waals surface area contributed by atoms with Crippen LogP contribution in [0.5, 0.6) is 0 Å². The maximum atomic E-state index is 9.22. The van der Waals surface area contributed by atoms with E-state index in [4.69, 9.17) is 9.47 Å². The summed E-state index contributed by atoms with van der Waals surface area (Å²) in [6.07, 6.45) is 0.752. The number of aliphatic hydroxyl groups is 1. The Morgan fingerprint density at radius 1 is 1.83 bits per heavy atom. The van der Waals surface area contributed by atoms with Crippen LogP contribution in [0.15, 0.2) is 12.2 Å². The molecule has 0 spiro atoms. The molecule has 0 radical (unpaired) electrons. The van der Waals surface area contributed by atoms with Crippen LogP contribution in [-0.4, -0.2) is 37.1 Å². The number of ether oxygens (including phenoxy) is 2. The van der Waals surface area contributed by atoms with Crippen molar-refractivity contribution in [2.75, 3.05) is 20.3 Å². The second-order valence-electron chi connectivity index (χ2n) is 3.63. The number of rotatable bonds is 2. The van der Waals surface area contributed by atoms with Gasteiger partial charge in [-0.15, -0.1) is 0 Å². The normalized spacial score (nSPS) is 45.7. The van der Waals surface area contributed by atoms with Crippen molar-refractivity contribution in [3.8, 4) is 0 Å². The van der Waals surface area contributed by atoms with Gasteiger partial charge in [0.15, 0.2) is 0 Å². The first kappa shape index (κ1) is 8.23. The maximum Gasteiger partial charge on any atom is 0.121 e. The van der Waals surface area contributed by atoms with Gasteiger partial charge in [-0.25, -0.2) is 0 Å². The van der Waals surface area contributed by atoms with Gasteiger partial charge in [-0.05, 0) is 0 Å². The van der Waals surface area contributed by atoms with Crippen molar-refractivity contribution < 1.29 is 14.6 Å². The van der Waals surface area contributed by atoms with E-state index in [1.54, 1.807) is 7.11 Å². The summed E-state index contributed by atoms with van der Waals surface area (Å²) in [5, 5.41) is 9.22. The van der Waals surface area contributed by atoms with E-state index >= 15 is 0 Å². The summed E-state index contributed by atoms with van der Waals surface area (Å²) in [6, 6.07) is 0. The smallest absolute Gasteiger partial charge is 0.121 e. The molecular weight excluding hydrogens is 156 g/mol. The van der Waals surface area contributed by atoms with Crippen LogP contribution in [0.1, 0.15) is 6.42 Å². The van der Waals surface area contributed by atoms with Crippen LogP contribution < -0.4 is 0 Å². The molecule has 1 N–H and O–H groups in total. The highest BCUT2D eigenvalue weighted by Crippen LogP contribution is 2.48. The lowest BCUT2D eigenvalue weighted by molar-refractivity contribution is -0.0948. The molecule has 3 heteroatoms. The highest BCUT2D eigenvalue weighted by molar-refractivity contribution is 5.24. The number of hydrogen-bond acceptors (Lipinski definition) is 3. The Balaban J connectivity index is 2.28. The van der Waals surface area contributed by atoms with Crippen LogP contribution in [-0.2, 0) is 9.47 Å². The van der Waals surface area contributed by atoms with Crippen molar-refractivity contribution in [1.82, 2.24) is 0 Å². The molecule has 68 valence electrons. The summed E-state index contributed by atoms with van der Waals surface area (Å²) < 4.78 is 10.8. The van der Waals surface area contributed by atoms with Gasteiger partial charge in [0.2, 0.25) is 0 Å². The highest BCUT2D eigenvalue weighted by atomic mass is 16.6. The predicted molar refractivity (Wildman–Crippen MR) is 43.8 cm³/mol. The average molecular weight is 170 g/mol. The van der Waals surface area contributed by atoms with Crippen LogP contribution in [0.3, 0.4) is 0 Å². The summed E-state index contributed by atoms with van der Waals surface area (Å²) in [5.41, 5.74) is 0.679. The summed E-state index contributed by atoms with van der Waals surface area (Å²) in [4.78, 5) is 0. The SMILES string of the molecule is C=C1C[C@]2(CO)OC[C@H]1[C@@H]2OC. The second-order valence-corrected chi connectivity index (χ2v) is 3.63. The Hall–Kier alpha value is -0.380. The molecule has 0 aromatic carbocycles. The maximum absolute atomic E-state index is 9.22. The van der Waals surface area contributed by atoms with Gasteiger partial charge in [-0.2, -0.15) is 0 Å². The molecule has 1 heterocycles. The topological polar surface area (TPSA) is 38.7 Å². The fourth-order valence-electron chi connectivity index (χ4n) is 2.36. The Kier molecular flexibility index (Phi) is 1.75. The quantitative estimate of drug-likeness (QED) is 0.607. The van der Waals surface area contributed by atoms with Gasteiger partial charge in [0.05, 0.1) is 19.3 Å². The first-order valence-electron chi connectivity index (χ1n) is 4.19. The predicted octanol–water partition coefficient (Wildman–Crippen LogP) is 0.339. The summed E-state index contributed by atoms with van der Waals surface area (Å²) in [7, 11) is 1.66. The lowest BCUT2D eigenvalue weighted by atomic mass is 10.0. The summed E-state index contributed by atoms with van der Waals surface area (Å²) >= 11 is 0. The number of fused-ring (bicyclic) bond motifs is 2. The van der Waals surface area contributed by atoms with Crippen LogP contribution in [0, 0.1) is 5.92 Å². The van der Waals surface area contributed by atoms with Crippen molar-refractivity contribution in [3.05, 3.63) is 12.2 Å². The minimum atomic E-state index is -0.476.